The molecule has 0 saturated heterocycles. The van der Waals surface area contributed by atoms with Crippen LogP contribution in [-0.2, 0) is 0 Å². The van der Waals surface area contributed by atoms with Crippen LogP contribution in [0.3, 0.4) is 0 Å². The smallest absolute Gasteiger partial charge is 0.0313 e. The van der Waals surface area contributed by atoms with Crippen LogP contribution in [0.1, 0.15) is 27.7 Å². The maximum Gasteiger partial charge on any atom is 0.0313 e. The summed E-state index contributed by atoms with van der Waals surface area (Å²) in [6.45, 7) is 10.7. The van der Waals surface area contributed by atoms with Crippen molar-refractivity contribution < 1.29 is 0 Å². The molecular formula is C12H28N3. The van der Waals surface area contributed by atoms with Crippen molar-refractivity contribution in [3.63, 3.8) is 0 Å². The van der Waals surface area contributed by atoms with E-state index >= 15 is 0 Å². The summed E-state index contributed by atoms with van der Waals surface area (Å²) in [6.07, 6.45) is 0. The zero-order valence-electron chi connectivity index (χ0n) is 11.8. The topological polar surface area (TPSA) is 20.6 Å². The second-order valence-electron chi connectivity index (χ2n) is 5.95. The molecule has 91 valence electrons. The fourth-order valence-electron chi connectivity index (χ4n) is 0.886. The molecule has 0 aromatic heterocycles. The Bertz CT molecular complexity index is 163. The van der Waals surface area contributed by atoms with Crippen molar-refractivity contribution in [2.24, 2.45) is 0 Å². The Morgan fingerprint density at radius 2 is 1.00 bits per heavy atom. The van der Waals surface area contributed by atoms with Gasteiger partial charge in [0.2, 0.25) is 0 Å². The summed E-state index contributed by atoms with van der Waals surface area (Å²) in [5.74, 6) is 0. The van der Waals surface area contributed by atoms with Crippen molar-refractivity contribution in [1.82, 2.24) is 15.1 Å². The van der Waals surface area contributed by atoms with Gasteiger partial charge < -0.3 is 9.80 Å². The molecule has 0 N–H and O–H groups in total. The molecule has 0 aromatic carbocycles. The number of hydrogen-bond donors (Lipinski definition) is 0. The van der Waals surface area contributed by atoms with Gasteiger partial charge in [-0.15, -0.1) is 0 Å². The second-order valence-corrected chi connectivity index (χ2v) is 5.95. The van der Waals surface area contributed by atoms with Crippen molar-refractivity contribution in [2.75, 3.05) is 41.3 Å². The predicted octanol–water partition coefficient (Wildman–Crippen LogP) is 1.27. The highest BCUT2D eigenvalue weighted by atomic mass is 15.2. The first-order valence-corrected chi connectivity index (χ1v) is 5.58. The third kappa shape index (κ3) is 4.96. The highest BCUT2D eigenvalue weighted by Crippen LogP contribution is 2.12. The van der Waals surface area contributed by atoms with Crippen LogP contribution in [0.15, 0.2) is 0 Å². The van der Waals surface area contributed by atoms with Gasteiger partial charge in [-0.25, -0.2) is 5.32 Å². The molecule has 3 nitrogen and oxygen atoms in total. The van der Waals surface area contributed by atoms with Crippen LogP contribution in [0.25, 0.3) is 0 Å². The first-order chi connectivity index (χ1) is 6.59. The molecule has 0 rings (SSSR count). The van der Waals surface area contributed by atoms with E-state index in [0.717, 1.165) is 13.1 Å². The van der Waals surface area contributed by atoms with Crippen molar-refractivity contribution in [3.05, 3.63) is 0 Å². The Morgan fingerprint density at radius 3 is 1.20 bits per heavy atom. The van der Waals surface area contributed by atoms with Crippen molar-refractivity contribution in [2.45, 2.75) is 38.8 Å². The molecular weight excluding hydrogens is 186 g/mol. The summed E-state index contributed by atoms with van der Waals surface area (Å²) in [6, 6.07) is 0. The third-order valence-corrected chi connectivity index (χ3v) is 3.42. The van der Waals surface area contributed by atoms with E-state index in [9.17, 15) is 0 Å². The highest BCUT2D eigenvalue weighted by molar-refractivity contribution is 4.84. The Kier molecular flexibility index (Phi) is 5.24. The minimum atomic E-state index is 0.155. The number of nitrogens with zero attached hydrogens (tertiary/aromatic N) is 3. The lowest BCUT2D eigenvalue weighted by molar-refractivity contribution is 0.156. The van der Waals surface area contributed by atoms with Gasteiger partial charge in [-0.05, 0) is 55.9 Å². The summed E-state index contributed by atoms with van der Waals surface area (Å²) in [5.41, 5.74) is 0.310. The molecule has 1 radical (unpaired) electrons. The van der Waals surface area contributed by atoms with Crippen LogP contribution in [0, 0.1) is 0 Å². The first-order valence-electron chi connectivity index (χ1n) is 5.58. The molecule has 0 atom stereocenters. The number of rotatable bonds is 6. The van der Waals surface area contributed by atoms with E-state index in [1.807, 2.05) is 0 Å². The standard InChI is InChI=1S/C12H28N3/c1-11(2,14(5)6)9-13-10-12(3,4)15(7)8/h9-10H2,1-8H3. The monoisotopic (exact) mass is 214 g/mol. The Labute approximate surface area is 95.8 Å². The quantitative estimate of drug-likeness (QED) is 0.664. The summed E-state index contributed by atoms with van der Waals surface area (Å²) >= 11 is 0. The van der Waals surface area contributed by atoms with Crippen molar-refractivity contribution in [3.8, 4) is 0 Å². The summed E-state index contributed by atoms with van der Waals surface area (Å²) < 4.78 is 0. The fourth-order valence-corrected chi connectivity index (χ4v) is 0.886. The Morgan fingerprint density at radius 1 is 0.733 bits per heavy atom. The van der Waals surface area contributed by atoms with Crippen LogP contribution in [0.2, 0.25) is 0 Å². The minimum Gasteiger partial charge on any atom is -0.303 e. The normalized spacial score (nSPS) is 14.0. The molecule has 0 unspecified atom stereocenters. The van der Waals surface area contributed by atoms with E-state index in [1.54, 1.807) is 0 Å². The molecule has 0 bridgehead atoms. The van der Waals surface area contributed by atoms with E-state index in [0.29, 0.717) is 0 Å². The minimum absolute atomic E-state index is 0.155. The average molecular weight is 214 g/mol. The molecule has 0 aliphatic heterocycles. The molecule has 0 spiro atoms. The number of hydrogen-bond acceptors (Lipinski definition) is 2. The van der Waals surface area contributed by atoms with Gasteiger partial charge in [0.1, 0.15) is 0 Å². The van der Waals surface area contributed by atoms with Crippen molar-refractivity contribution >= 4 is 0 Å². The molecule has 0 heterocycles. The third-order valence-electron chi connectivity index (χ3n) is 3.42. The molecule has 3 heteroatoms. The van der Waals surface area contributed by atoms with Crippen LogP contribution >= 0.6 is 0 Å². The lowest BCUT2D eigenvalue weighted by atomic mass is 10.0. The zero-order chi connectivity index (χ0) is 12.3. The van der Waals surface area contributed by atoms with E-state index in [2.05, 4.69) is 71.0 Å². The lowest BCUT2D eigenvalue weighted by Crippen LogP contribution is -2.50. The summed E-state index contributed by atoms with van der Waals surface area (Å²) in [4.78, 5) is 4.44. The van der Waals surface area contributed by atoms with Crippen LogP contribution in [0.5, 0.6) is 0 Å². The maximum absolute atomic E-state index is 4.67. The summed E-state index contributed by atoms with van der Waals surface area (Å²) in [5, 5.41) is 4.67. The van der Waals surface area contributed by atoms with Crippen LogP contribution in [0.4, 0.5) is 0 Å². The Hall–Kier alpha value is -0.120. The SMILES string of the molecule is CN(C)C(C)(C)C[N]CC(C)(C)N(C)C. The maximum atomic E-state index is 4.67. The zero-order valence-corrected chi connectivity index (χ0v) is 11.8. The predicted molar refractivity (Wildman–Crippen MR) is 67.4 cm³/mol. The van der Waals surface area contributed by atoms with E-state index in [4.69, 9.17) is 0 Å². The molecule has 0 aromatic rings. The molecule has 0 saturated carbocycles. The van der Waals surface area contributed by atoms with Gasteiger partial charge in [-0.2, -0.15) is 0 Å². The van der Waals surface area contributed by atoms with E-state index < -0.39 is 0 Å². The largest absolute Gasteiger partial charge is 0.303 e. The Balaban J connectivity index is 4.00. The fraction of sp³-hybridized carbons (Fsp3) is 1.00. The summed E-state index contributed by atoms with van der Waals surface area (Å²) in [7, 11) is 8.42. The second kappa shape index (κ2) is 5.28. The molecule has 0 fully saturated rings. The van der Waals surface area contributed by atoms with Crippen molar-refractivity contribution in [1.29, 1.82) is 0 Å². The van der Waals surface area contributed by atoms with Gasteiger partial charge in [0.25, 0.3) is 0 Å². The van der Waals surface area contributed by atoms with Crippen LogP contribution < -0.4 is 5.32 Å². The highest BCUT2D eigenvalue weighted by Gasteiger charge is 2.24. The van der Waals surface area contributed by atoms with Gasteiger partial charge >= 0.3 is 0 Å². The van der Waals surface area contributed by atoms with Gasteiger partial charge in [0, 0.05) is 24.2 Å². The molecule has 0 aliphatic carbocycles. The van der Waals surface area contributed by atoms with Gasteiger partial charge in [-0.1, -0.05) is 0 Å². The lowest BCUT2D eigenvalue weighted by Gasteiger charge is -2.36. The number of likely N-dealkylation sites (N-methyl/N-ethyl adjacent to an activating group) is 2. The first kappa shape index (κ1) is 14.9. The average Bonchev–Trinajstić information content (AvgIpc) is 2.02. The molecule has 0 aliphatic rings. The van der Waals surface area contributed by atoms with E-state index in [1.165, 1.54) is 0 Å². The van der Waals surface area contributed by atoms with E-state index in [-0.39, 0.29) is 11.1 Å². The molecule has 15 heavy (non-hydrogen) atoms. The van der Waals surface area contributed by atoms with Crippen LogP contribution in [-0.4, -0.2) is 62.2 Å². The van der Waals surface area contributed by atoms with Gasteiger partial charge in [0.05, 0.1) is 0 Å². The molecule has 0 amide bonds. The van der Waals surface area contributed by atoms with Gasteiger partial charge in [0.15, 0.2) is 0 Å². The van der Waals surface area contributed by atoms with Gasteiger partial charge in [-0.3, -0.25) is 0 Å².